The Balaban J connectivity index is 1.35. The zero-order valence-corrected chi connectivity index (χ0v) is 30.2. The van der Waals surface area contributed by atoms with Gasteiger partial charge in [-0.15, -0.1) is 0 Å². The van der Waals surface area contributed by atoms with Crippen LogP contribution in [-0.2, 0) is 23.8 Å². The van der Waals surface area contributed by atoms with Crippen LogP contribution in [0.3, 0.4) is 0 Å². The van der Waals surface area contributed by atoms with Crippen LogP contribution in [0.15, 0.2) is 0 Å². The molecule has 7 fully saturated rings. The first-order chi connectivity index (χ1) is 22.7. The van der Waals surface area contributed by atoms with E-state index in [2.05, 4.69) is 11.8 Å². The molecule has 6 N–H and O–H groups in total. The standard InChI is InChI=1S/C37H59NO11/c1-8-19(4)30(41)48-29-27(40)26-20(17-38-16-18(3)10-11-24(38)34(26,7)44)21-15-35-28(36(21,29)45)22(39)14-23-32(35,5)13-12-25(37(23,46)49-35)47-31(42)33(6,43)9-2/h18-29,39-40,43-46H,8-17H2,1-7H3/t18-,19+,20-,21-,22+,23-,24-,25-,26+,27+,28+,29-,32-,33?,34+,35+,36-,37-/m0/s1. The van der Waals surface area contributed by atoms with Crippen molar-refractivity contribution in [3.63, 3.8) is 0 Å². The Hall–Kier alpha value is -1.38. The van der Waals surface area contributed by atoms with Gasteiger partial charge in [-0.1, -0.05) is 34.6 Å². The zero-order valence-electron chi connectivity index (χ0n) is 30.2. The molecule has 12 nitrogen and oxygen atoms in total. The lowest BCUT2D eigenvalue weighted by molar-refractivity contribution is -0.300. The van der Waals surface area contributed by atoms with E-state index < -0.39 is 105 Å². The number of carbonyl (C=O) groups is 2. The van der Waals surface area contributed by atoms with Crippen molar-refractivity contribution in [3.8, 4) is 0 Å². The van der Waals surface area contributed by atoms with Crippen molar-refractivity contribution in [2.24, 2.45) is 46.8 Å². The van der Waals surface area contributed by atoms with E-state index in [1.54, 1.807) is 20.8 Å². The molecule has 1 spiro atoms. The van der Waals surface area contributed by atoms with Crippen LogP contribution in [0.4, 0.5) is 0 Å². The summed E-state index contributed by atoms with van der Waals surface area (Å²) in [6, 6.07) is -0.218. The van der Waals surface area contributed by atoms with Gasteiger partial charge in [0.1, 0.15) is 5.60 Å². The third kappa shape index (κ3) is 4.56. The molecule has 278 valence electrons. The first-order valence-electron chi connectivity index (χ1n) is 18.9. The Labute approximate surface area is 289 Å². The molecule has 3 heterocycles. The summed E-state index contributed by atoms with van der Waals surface area (Å²) in [6.07, 6.45) is -2.06. The van der Waals surface area contributed by atoms with Crippen molar-refractivity contribution in [1.82, 2.24) is 4.90 Å². The van der Waals surface area contributed by atoms with Crippen molar-refractivity contribution in [2.75, 3.05) is 13.1 Å². The van der Waals surface area contributed by atoms with Crippen molar-refractivity contribution in [1.29, 1.82) is 0 Å². The molecule has 12 heteroatoms. The molecule has 0 radical (unpaired) electrons. The molecule has 49 heavy (non-hydrogen) atoms. The molecule has 1 unspecified atom stereocenters. The van der Waals surface area contributed by atoms with E-state index in [9.17, 15) is 40.2 Å². The minimum Gasteiger partial charge on any atom is -0.456 e. The molecule has 0 amide bonds. The van der Waals surface area contributed by atoms with Crippen LogP contribution in [0.25, 0.3) is 0 Å². The summed E-state index contributed by atoms with van der Waals surface area (Å²) >= 11 is 0. The van der Waals surface area contributed by atoms with Gasteiger partial charge < -0.3 is 44.8 Å². The fraction of sp³-hybridized carbons (Fsp3) is 0.946. The molecular weight excluding hydrogens is 634 g/mol. The number of fused-ring (bicyclic) bond motifs is 5. The van der Waals surface area contributed by atoms with Crippen LogP contribution in [0.1, 0.15) is 99.8 Å². The molecule has 18 atom stereocenters. The fourth-order valence-corrected chi connectivity index (χ4v) is 12.5. The lowest BCUT2D eigenvalue weighted by Crippen LogP contribution is -2.77. The van der Waals surface area contributed by atoms with Crippen LogP contribution < -0.4 is 0 Å². The quantitative estimate of drug-likeness (QED) is 0.221. The van der Waals surface area contributed by atoms with Gasteiger partial charge in [0.15, 0.2) is 17.8 Å². The Morgan fingerprint density at radius 3 is 2.41 bits per heavy atom. The maximum absolute atomic E-state index is 13.5. The molecule has 0 aromatic carbocycles. The molecule has 3 aliphatic heterocycles. The van der Waals surface area contributed by atoms with Crippen molar-refractivity contribution < 1.29 is 54.4 Å². The third-order valence-electron chi connectivity index (χ3n) is 15.4. The highest BCUT2D eigenvalue weighted by Gasteiger charge is 2.87. The maximum Gasteiger partial charge on any atom is 0.338 e. The van der Waals surface area contributed by atoms with Crippen LogP contribution >= 0.6 is 0 Å². The van der Waals surface area contributed by atoms with Gasteiger partial charge in [0.25, 0.3) is 0 Å². The molecular formula is C37H59NO11. The van der Waals surface area contributed by atoms with E-state index in [1.807, 2.05) is 13.8 Å². The monoisotopic (exact) mass is 693 g/mol. The lowest BCUT2D eigenvalue weighted by atomic mass is 9.49. The number of aliphatic hydroxyl groups is 6. The summed E-state index contributed by atoms with van der Waals surface area (Å²) in [4.78, 5) is 28.9. The zero-order chi connectivity index (χ0) is 35.9. The van der Waals surface area contributed by atoms with Crippen LogP contribution in [0.5, 0.6) is 0 Å². The smallest absolute Gasteiger partial charge is 0.338 e. The van der Waals surface area contributed by atoms with Gasteiger partial charge >= 0.3 is 11.9 Å². The van der Waals surface area contributed by atoms with Crippen LogP contribution in [0, 0.1) is 46.8 Å². The number of piperidine rings is 2. The van der Waals surface area contributed by atoms with E-state index in [4.69, 9.17) is 14.2 Å². The van der Waals surface area contributed by atoms with Gasteiger partial charge in [-0.05, 0) is 83.0 Å². The van der Waals surface area contributed by atoms with E-state index in [0.29, 0.717) is 25.3 Å². The summed E-state index contributed by atoms with van der Waals surface area (Å²) in [5.74, 6) is -7.17. The summed E-state index contributed by atoms with van der Waals surface area (Å²) in [7, 11) is 0. The average Bonchev–Trinajstić information content (AvgIpc) is 3.31. The highest BCUT2D eigenvalue weighted by molar-refractivity contribution is 5.78. The largest absolute Gasteiger partial charge is 0.456 e. The Morgan fingerprint density at radius 2 is 1.76 bits per heavy atom. The van der Waals surface area contributed by atoms with Crippen LogP contribution in [0.2, 0.25) is 0 Å². The fourth-order valence-electron chi connectivity index (χ4n) is 12.5. The van der Waals surface area contributed by atoms with Gasteiger partial charge in [0, 0.05) is 42.3 Å². The summed E-state index contributed by atoms with van der Waals surface area (Å²) in [5.41, 5.74) is -7.23. The van der Waals surface area contributed by atoms with Gasteiger partial charge in [0.05, 0.1) is 29.3 Å². The van der Waals surface area contributed by atoms with E-state index in [-0.39, 0.29) is 31.7 Å². The molecule has 4 aliphatic carbocycles. The molecule has 0 aromatic rings. The molecule has 7 aliphatic rings. The second-order valence-electron chi connectivity index (χ2n) is 18.0. The number of rotatable bonds is 6. The number of hydrogen-bond donors (Lipinski definition) is 6. The molecule has 3 saturated heterocycles. The predicted octanol–water partition coefficient (Wildman–Crippen LogP) is 1.49. The Kier molecular flexibility index (Phi) is 8.31. The maximum atomic E-state index is 13.5. The molecule has 4 saturated carbocycles. The third-order valence-corrected chi connectivity index (χ3v) is 15.4. The average molecular weight is 694 g/mol. The van der Waals surface area contributed by atoms with Crippen LogP contribution in [-0.4, -0.2) is 119 Å². The highest BCUT2D eigenvalue weighted by Crippen LogP contribution is 2.77. The van der Waals surface area contributed by atoms with E-state index >= 15 is 0 Å². The summed E-state index contributed by atoms with van der Waals surface area (Å²) in [6.45, 7) is 13.8. The van der Waals surface area contributed by atoms with Gasteiger partial charge in [-0.3, -0.25) is 9.69 Å². The van der Waals surface area contributed by atoms with E-state index in [0.717, 1.165) is 19.4 Å². The number of nitrogens with zero attached hydrogens (tertiary/aromatic N) is 1. The predicted molar refractivity (Wildman–Crippen MR) is 174 cm³/mol. The van der Waals surface area contributed by atoms with Gasteiger partial charge in [0.2, 0.25) is 5.79 Å². The van der Waals surface area contributed by atoms with Crippen molar-refractivity contribution >= 4 is 11.9 Å². The first-order valence-corrected chi connectivity index (χ1v) is 18.9. The SMILES string of the molecule is CC[C@@H](C)C(=O)O[C@H]1[C@H](O)[C@H]2[C@@H](CN3C[C@@H](C)CC[C@H]3[C@@]2(C)O)[C@@H]2C[C@]34O[C@]5(O)[C@@H](OC(=O)C(C)(O)CC)CC[C@@]3(C)[C@@H]5C[C@@H](O)[C@H]4[C@@]21O. The Morgan fingerprint density at radius 1 is 1.06 bits per heavy atom. The summed E-state index contributed by atoms with van der Waals surface area (Å²) in [5, 5.41) is 73.4. The Bertz CT molecular complexity index is 1360. The summed E-state index contributed by atoms with van der Waals surface area (Å²) < 4.78 is 18.9. The van der Waals surface area contributed by atoms with E-state index in [1.165, 1.54) is 6.92 Å². The molecule has 7 rings (SSSR count). The minimum absolute atomic E-state index is 0.0202. The number of aliphatic hydroxyl groups excluding tert-OH is 2. The highest BCUT2D eigenvalue weighted by atomic mass is 16.7. The normalized spacial score (nSPS) is 54.8. The minimum atomic E-state index is -2.02. The lowest BCUT2D eigenvalue weighted by Gasteiger charge is -2.64. The van der Waals surface area contributed by atoms with Gasteiger partial charge in [-0.25, -0.2) is 4.79 Å². The van der Waals surface area contributed by atoms with Gasteiger partial charge in [-0.2, -0.15) is 0 Å². The molecule has 0 aromatic heterocycles. The number of esters is 2. The second-order valence-corrected chi connectivity index (χ2v) is 18.0. The second kappa shape index (κ2) is 11.3. The number of ether oxygens (including phenoxy) is 3. The number of hydrogen-bond acceptors (Lipinski definition) is 12. The topological polar surface area (TPSA) is 186 Å². The van der Waals surface area contributed by atoms with Crippen molar-refractivity contribution in [3.05, 3.63) is 0 Å². The van der Waals surface area contributed by atoms with Crippen molar-refractivity contribution in [2.45, 2.75) is 158 Å². The number of carbonyl (C=O) groups excluding carboxylic acids is 2. The first kappa shape index (κ1) is 36.0. The molecule has 4 bridgehead atoms.